The summed E-state index contributed by atoms with van der Waals surface area (Å²) < 4.78 is 0. The highest BCUT2D eigenvalue weighted by Crippen LogP contribution is 2.28. The van der Waals surface area contributed by atoms with E-state index in [2.05, 4.69) is 36.5 Å². The molecule has 0 heterocycles. The zero-order chi connectivity index (χ0) is 12.8. The van der Waals surface area contributed by atoms with Crippen molar-refractivity contribution < 1.29 is 5.11 Å². The average Bonchev–Trinajstić information content (AvgIpc) is 2.87. The molecule has 0 bridgehead atoms. The lowest BCUT2D eigenvalue weighted by atomic mass is 10.0. The molecule has 18 heavy (non-hydrogen) atoms. The van der Waals surface area contributed by atoms with E-state index >= 15 is 0 Å². The van der Waals surface area contributed by atoms with Crippen molar-refractivity contribution in [2.75, 3.05) is 6.61 Å². The fourth-order valence-corrected chi connectivity index (χ4v) is 3.01. The molecule has 2 heteroatoms. The predicted molar refractivity (Wildman–Crippen MR) is 75.6 cm³/mol. The fourth-order valence-electron chi connectivity index (χ4n) is 3.01. The summed E-state index contributed by atoms with van der Waals surface area (Å²) in [5.41, 5.74) is 1.30. The molecule has 1 aliphatic rings. The molecule has 0 aliphatic heterocycles. The van der Waals surface area contributed by atoms with Gasteiger partial charge >= 0.3 is 0 Å². The Labute approximate surface area is 110 Å². The van der Waals surface area contributed by atoms with Gasteiger partial charge in [0, 0.05) is 12.1 Å². The molecule has 2 unspecified atom stereocenters. The molecule has 100 valence electrons. The second-order valence-corrected chi connectivity index (χ2v) is 5.52. The molecule has 0 saturated heterocycles. The minimum atomic E-state index is 0.202. The fraction of sp³-hybridized carbons (Fsp3) is 0.625. The van der Waals surface area contributed by atoms with Crippen LogP contribution in [0.15, 0.2) is 30.3 Å². The summed E-state index contributed by atoms with van der Waals surface area (Å²) in [7, 11) is 0. The van der Waals surface area contributed by atoms with Crippen LogP contribution in [0.2, 0.25) is 0 Å². The van der Waals surface area contributed by atoms with E-state index in [0.29, 0.717) is 6.04 Å². The first-order valence-electron chi connectivity index (χ1n) is 7.22. The Morgan fingerprint density at radius 1 is 1.28 bits per heavy atom. The van der Waals surface area contributed by atoms with E-state index in [0.717, 1.165) is 12.3 Å². The lowest BCUT2D eigenvalue weighted by Crippen LogP contribution is -2.40. The van der Waals surface area contributed by atoms with Gasteiger partial charge in [-0.1, -0.05) is 43.7 Å². The Hall–Kier alpha value is -0.860. The first-order valence-corrected chi connectivity index (χ1v) is 7.22. The maximum Gasteiger partial charge on any atom is 0.0587 e. The molecule has 1 aliphatic carbocycles. The quantitative estimate of drug-likeness (QED) is 0.810. The minimum absolute atomic E-state index is 0.202. The van der Waals surface area contributed by atoms with Crippen LogP contribution in [-0.4, -0.2) is 23.8 Å². The van der Waals surface area contributed by atoms with Crippen molar-refractivity contribution >= 4 is 0 Å². The molecule has 1 fully saturated rings. The SMILES string of the molecule is CCC1CCC(N[C@@H](CO)Cc2ccccc2)C1. The minimum Gasteiger partial charge on any atom is -0.395 e. The Morgan fingerprint density at radius 3 is 2.67 bits per heavy atom. The van der Waals surface area contributed by atoms with Gasteiger partial charge in [-0.15, -0.1) is 0 Å². The van der Waals surface area contributed by atoms with Crippen LogP contribution in [0.25, 0.3) is 0 Å². The van der Waals surface area contributed by atoms with E-state index in [1.165, 1.54) is 31.2 Å². The van der Waals surface area contributed by atoms with Crippen LogP contribution in [0.1, 0.15) is 38.2 Å². The van der Waals surface area contributed by atoms with Crippen molar-refractivity contribution in [3.8, 4) is 0 Å². The third-order valence-electron chi connectivity index (χ3n) is 4.14. The van der Waals surface area contributed by atoms with E-state index in [4.69, 9.17) is 0 Å². The molecule has 0 aromatic heterocycles. The number of rotatable bonds is 6. The molecule has 0 spiro atoms. The molecule has 1 aromatic carbocycles. The van der Waals surface area contributed by atoms with E-state index in [1.54, 1.807) is 0 Å². The van der Waals surface area contributed by atoms with Gasteiger partial charge in [0.1, 0.15) is 0 Å². The zero-order valence-electron chi connectivity index (χ0n) is 11.3. The average molecular weight is 247 g/mol. The van der Waals surface area contributed by atoms with Gasteiger partial charge < -0.3 is 10.4 Å². The first-order chi connectivity index (χ1) is 8.81. The van der Waals surface area contributed by atoms with E-state index in [9.17, 15) is 5.11 Å². The van der Waals surface area contributed by atoms with Crippen LogP contribution in [-0.2, 0) is 6.42 Å². The Kier molecular flexibility index (Phi) is 5.21. The summed E-state index contributed by atoms with van der Waals surface area (Å²) in [5, 5.41) is 13.1. The molecule has 3 atom stereocenters. The van der Waals surface area contributed by atoms with Crippen LogP contribution in [0.5, 0.6) is 0 Å². The molecule has 0 amide bonds. The zero-order valence-corrected chi connectivity index (χ0v) is 11.3. The van der Waals surface area contributed by atoms with Crippen LogP contribution in [0.3, 0.4) is 0 Å². The summed E-state index contributed by atoms with van der Waals surface area (Å²) in [6.07, 6.45) is 6.11. The third kappa shape index (κ3) is 3.82. The van der Waals surface area contributed by atoms with Gasteiger partial charge in [0.25, 0.3) is 0 Å². The van der Waals surface area contributed by atoms with Gasteiger partial charge in [0.15, 0.2) is 0 Å². The number of hydrogen-bond acceptors (Lipinski definition) is 2. The summed E-state index contributed by atoms with van der Waals surface area (Å²) in [5.74, 6) is 0.888. The Morgan fingerprint density at radius 2 is 2.06 bits per heavy atom. The van der Waals surface area contributed by atoms with Gasteiger partial charge in [-0.2, -0.15) is 0 Å². The van der Waals surface area contributed by atoms with Crippen LogP contribution < -0.4 is 5.32 Å². The van der Waals surface area contributed by atoms with Crippen molar-refractivity contribution in [1.82, 2.24) is 5.32 Å². The molecule has 1 aromatic rings. The van der Waals surface area contributed by atoms with Crippen LogP contribution in [0.4, 0.5) is 0 Å². The molecule has 2 nitrogen and oxygen atoms in total. The van der Waals surface area contributed by atoms with Gasteiger partial charge in [-0.3, -0.25) is 0 Å². The van der Waals surface area contributed by atoms with Gasteiger partial charge in [-0.05, 0) is 37.2 Å². The van der Waals surface area contributed by atoms with Crippen LogP contribution >= 0.6 is 0 Å². The van der Waals surface area contributed by atoms with Crippen LogP contribution in [0, 0.1) is 5.92 Å². The smallest absolute Gasteiger partial charge is 0.0587 e. The highest BCUT2D eigenvalue weighted by Gasteiger charge is 2.25. The summed E-state index contributed by atoms with van der Waals surface area (Å²) in [6, 6.07) is 11.2. The largest absolute Gasteiger partial charge is 0.395 e. The Balaban J connectivity index is 1.83. The summed E-state index contributed by atoms with van der Waals surface area (Å²) >= 11 is 0. The normalized spacial score (nSPS) is 25.2. The van der Waals surface area contributed by atoms with E-state index in [-0.39, 0.29) is 12.6 Å². The van der Waals surface area contributed by atoms with Crippen molar-refractivity contribution in [1.29, 1.82) is 0 Å². The lowest BCUT2D eigenvalue weighted by molar-refractivity contribution is 0.229. The standard InChI is InChI=1S/C16H25NO/c1-2-13-8-9-15(10-13)17-16(12-18)11-14-6-4-3-5-7-14/h3-7,13,15-18H,2,8-12H2,1H3/t13?,15?,16-/m1/s1. The number of hydrogen-bond donors (Lipinski definition) is 2. The first kappa shape index (κ1) is 13.6. The second-order valence-electron chi connectivity index (χ2n) is 5.52. The maximum absolute atomic E-state index is 9.51. The number of aliphatic hydroxyl groups excluding tert-OH is 1. The maximum atomic E-state index is 9.51. The number of aliphatic hydroxyl groups is 1. The number of benzene rings is 1. The molecular weight excluding hydrogens is 222 g/mol. The van der Waals surface area contributed by atoms with Gasteiger partial charge in [0.2, 0.25) is 0 Å². The molecule has 1 saturated carbocycles. The van der Waals surface area contributed by atoms with Crippen molar-refractivity contribution in [2.45, 2.75) is 51.1 Å². The molecular formula is C16H25NO. The highest BCUT2D eigenvalue weighted by atomic mass is 16.3. The second kappa shape index (κ2) is 6.91. The van der Waals surface area contributed by atoms with Crippen molar-refractivity contribution in [3.63, 3.8) is 0 Å². The predicted octanol–water partition coefficient (Wildman–Crippen LogP) is 2.76. The van der Waals surface area contributed by atoms with Crippen molar-refractivity contribution in [3.05, 3.63) is 35.9 Å². The van der Waals surface area contributed by atoms with Gasteiger partial charge in [-0.25, -0.2) is 0 Å². The summed E-state index contributed by atoms with van der Waals surface area (Å²) in [4.78, 5) is 0. The monoisotopic (exact) mass is 247 g/mol. The molecule has 2 N–H and O–H groups in total. The van der Waals surface area contributed by atoms with E-state index in [1.807, 2.05) is 6.07 Å². The van der Waals surface area contributed by atoms with Crippen molar-refractivity contribution in [2.24, 2.45) is 5.92 Å². The highest BCUT2D eigenvalue weighted by molar-refractivity contribution is 5.16. The lowest BCUT2D eigenvalue weighted by Gasteiger charge is -2.21. The molecule has 2 rings (SSSR count). The third-order valence-corrected chi connectivity index (χ3v) is 4.14. The number of nitrogens with one attached hydrogen (secondary N) is 1. The molecule has 0 radical (unpaired) electrons. The summed E-state index contributed by atoms with van der Waals surface area (Å²) in [6.45, 7) is 2.50. The van der Waals surface area contributed by atoms with Gasteiger partial charge in [0.05, 0.1) is 6.61 Å². The Bertz CT molecular complexity index is 338. The topological polar surface area (TPSA) is 32.3 Å². The van der Waals surface area contributed by atoms with E-state index < -0.39 is 0 Å².